The van der Waals surface area contributed by atoms with Crippen LogP contribution in [0, 0.1) is 0 Å². The zero-order valence-electron chi connectivity index (χ0n) is 9.58. The highest BCUT2D eigenvalue weighted by molar-refractivity contribution is 6.43. The van der Waals surface area contributed by atoms with Gasteiger partial charge in [-0.3, -0.25) is 9.59 Å². The molecule has 0 heterocycles. The summed E-state index contributed by atoms with van der Waals surface area (Å²) in [6.45, 7) is -0.260. The second-order valence-corrected chi connectivity index (χ2v) is 4.70. The number of carbonyl (C=O) groups is 2. The number of ether oxygens (including phenoxy) is 1. The Labute approximate surface area is 124 Å². The molecule has 8 heteroatoms. The molecule has 5 nitrogen and oxygen atoms in total. The molecule has 0 atom stereocenters. The van der Waals surface area contributed by atoms with Crippen molar-refractivity contribution in [1.29, 1.82) is 0 Å². The van der Waals surface area contributed by atoms with Gasteiger partial charge in [-0.1, -0.05) is 34.8 Å². The first-order valence-corrected chi connectivity index (χ1v) is 6.29. The number of carboxylic acid groups (broad SMARTS) is 1. The van der Waals surface area contributed by atoms with E-state index in [1.54, 1.807) is 0 Å². The minimum absolute atomic E-state index is 0.0344. The summed E-state index contributed by atoms with van der Waals surface area (Å²) in [4.78, 5) is 21.6. The van der Waals surface area contributed by atoms with Crippen LogP contribution >= 0.6 is 34.8 Å². The third kappa shape index (κ3) is 5.55. The number of benzene rings is 1. The zero-order valence-corrected chi connectivity index (χ0v) is 11.8. The largest absolute Gasteiger partial charge is 0.482 e. The van der Waals surface area contributed by atoms with Crippen LogP contribution in [0.3, 0.4) is 0 Å². The Morgan fingerprint density at radius 1 is 1.16 bits per heavy atom. The summed E-state index contributed by atoms with van der Waals surface area (Å²) in [6, 6.07) is 2.81. The molecule has 1 amide bonds. The van der Waals surface area contributed by atoms with Crippen LogP contribution in [0.15, 0.2) is 12.1 Å². The average molecular weight is 327 g/mol. The number of nitrogens with one attached hydrogen (secondary N) is 1. The van der Waals surface area contributed by atoms with Crippen LogP contribution in [-0.2, 0) is 9.59 Å². The molecule has 0 spiro atoms. The van der Waals surface area contributed by atoms with Crippen LogP contribution in [0.2, 0.25) is 15.1 Å². The Hall–Kier alpha value is -1.17. The van der Waals surface area contributed by atoms with Gasteiger partial charge in [0, 0.05) is 12.6 Å². The van der Waals surface area contributed by atoms with Crippen molar-refractivity contribution in [2.24, 2.45) is 0 Å². The molecule has 0 aliphatic carbocycles. The molecule has 0 bridgehead atoms. The van der Waals surface area contributed by atoms with Crippen molar-refractivity contribution in [2.45, 2.75) is 6.42 Å². The van der Waals surface area contributed by atoms with Gasteiger partial charge < -0.3 is 15.2 Å². The summed E-state index contributed by atoms with van der Waals surface area (Å²) in [5.74, 6) is -1.22. The standard InChI is InChI=1S/C11H10Cl3NO4/c12-6-3-8(14)9(4-7(6)13)19-5-10(16)15-2-1-11(17)18/h3-4H,1-2,5H2,(H,15,16)(H,17,18). The smallest absolute Gasteiger partial charge is 0.305 e. The summed E-state index contributed by atoms with van der Waals surface area (Å²) in [5, 5.41) is 11.6. The summed E-state index contributed by atoms with van der Waals surface area (Å²) in [7, 11) is 0. The van der Waals surface area contributed by atoms with Crippen LogP contribution in [0.4, 0.5) is 0 Å². The third-order valence-electron chi connectivity index (χ3n) is 1.99. The highest BCUT2D eigenvalue weighted by atomic mass is 35.5. The molecule has 0 radical (unpaired) electrons. The maximum Gasteiger partial charge on any atom is 0.305 e. The summed E-state index contributed by atoms with van der Waals surface area (Å²) >= 11 is 17.4. The highest BCUT2D eigenvalue weighted by Gasteiger charge is 2.09. The van der Waals surface area contributed by atoms with E-state index in [1.165, 1.54) is 12.1 Å². The molecule has 0 aliphatic heterocycles. The molecular weight excluding hydrogens is 316 g/mol. The molecule has 0 saturated carbocycles. The molecule has 0 aromatic heterocycles. The summed E-state index contributed by atoms with van der Waals surface area (Å²) in [6.07, 6.45) is -0.154. The normalized spacial score (nSPS) is 10.1. The fraction of sp³-hybridized carbons (Fsp3) is 0.273. The molecular formula is C11H10Cl3NO4. The van der Waals surface area contributed by atoms with E-state index in [4.69, 9.17) is 44.6 Å². The Bertz CT molecular complexity index is 493. The van der Waals surface area contributed by atoms with Crippen LogP contribution in [0.1, 0.15) is 6.42 Å². The summed E-state index contributed by atoms with van der Waals surface area (Å²) in [5.41, 5.74) is 0. The summed E-state index contributed by atoms with van der Waals surface area (Å²) < 4.78 is 5.16. The van der Waals surface area contributed by atoms with E-state index in [1.807, 2.05) is 0 Å². The van der Waals surface area contributed by atoms with E-state index < -0.39 is 11.9 Å². The van der Waals surface area contributed by atoms with Crippen LogP contribution in [0.25, 0.3) is 0 Å². The minimum Gasteiger partial charge on any atom is -0.482 e. The number of rotatable bonds is 6. The third-order valence-corrected chi connectivity index (χ3v) is 3.01. The number of hydrogen-bond donors (Lipinski definition) is 2. The lowest BCUT2D eigenvalue weighted by molar-refractivity contribution is -0.137. The molecule has 19 heavy (non-hydrogen) atoms. The second kappa shape index (κ2) is 7.43. The molecule has 1 aromatic carbocycles. The van der Waals surface area contributed by atoms with Crippen molar-refractivity contribution in [2.75, 3.05) is 13.2 Å². The first-order valence-electron chi connectivity index (χ1n) is 5.16. The van der Waals surface area contributed by atoms with Gasteiger partial charge in [-0.05, 0) is 6.07 Å². The lowest BCUT2D eigenvalue weighted by Gasteiger charge is -2.09. The van der Waals surface area contributed by atoms with E-state index in [0.29, 0.717) is 0 Å². The van der Waals surface area contributed by atoms with Gasteiger partial charge in [0.25, 0.3) is 5.91 Å². The SMILES string of the molecule is O=C(O)CCNC(=O)COc1cc(Cl)c(Cl)cc1Cl. The fourth-order valence-corrected chi connectivity index (χ4v) is 1.71. The average Bonchev–Trinajstić information content (AvgIpc) is 2.31. The predicted molar refractivity (Wildman–Crippen MR) is 72.2 cm³/mol. The van der Waals surface area contributed by atoms with E-state index in [-0.39, 0.29) is 40.4 Å². The van der Waals surface area contributed by atoms with Crippen LogP contribution in [0.5, 0.6) is 5.75 Å². The van der Waals surface area contributed by atoms with Gasteiger partial charge in [-0.2, -0.15) is 0 Å². The van der Waals surface area contributed by atoms with Crippen molar-refractivity contribution >= 4 is 46.7 Å². The number of amides is 1. The van der Waals surface area contributed by atoms with Gasteiger partial charge in [0.1, 0.15) is 5.75 Å². The van der Waals surface area contributed by atoms with E-state index >= 15 is 0 Å². The maximum atomic E-state index is 11.3. The first kappa shape index (κ1) is 15.9. The molecule has 1 rings (SSSR count). The number of carboxylic acids is 1. The molecule has 0 fully saturated rings. The van der Waals surface area contributed by atoms with E-state index in [9.17, 15) is 9.59 Å². The highest BCUT2D eigenvalue weighted by Crippen LogP contribution is 2.33. The molecule has 0 aliphatic rings. The Morgan fingerprint density at radius 3 is 2.42 bits per heavy atom. The van der Waals surface area contributed by atoms with E-state index in [0.717, 1.165) is 0 Å². The van der Waals surface area contributed by atoms with Crippen LogP contribution < -0.4 is 10.1 Å². The topological polar surface area (TPSA) is 75.6 Å². The lowest BCUT2D eigenvalue weighted by Crippen LogP contribution is -2.30. The predicted octanol–water partition coefficient (Wildman–Crippen LogP) is 2.62. The van der Waals surface area contributed by atoms with E-state index in [2.05, 4.69) is 5.32 Å². The van der Waals surface area contributed by atoms with Crippen molar-refractivity contribution < 1.29 is 19.4 Å². The fourth-order valence-electron chi connectivity index (χ4n) is 1.12. The molecule has 0 unspecified atom stereocenters. The van der Waals surface area contributed by atoms with Gasteiger partial charge in [-0.15, -0.1) is 0 Å². The number of aliphatic carboxylic acids is 1. The van der Waals surface area contributed by atoms with Gasteiger partial charge in [0.05, 0.1) is 21.5 Å². The van der Waals surface area contributed by atoms with Crippen molar-refractivity contribution in [3.05, 3.63) is 27.2 Å². The number of halogens is 3. The van der Waals surface area contributed by atoms with Gasteiger partial charge in [0.15, 0.2) is 6.61 Å². The maximum absolute atomic E-state index is 11.3. The minimum atomic E-state index is -0.992. The molecule has 104 valence electrons. The Morgan fingerprint density at radius 2 is 1.79 bits per heavy atom. The monoisotopic (exact) mass is 325 g/mol. The quantitative estimate of drug-likeness (QED) is 0.788. The van der Waals surface area contributed by atoms with Crippen molar-refractivity contribution in [3.8, 4) is 5.75 Å². The first-order chi connectivity index (χ1) is 8.90. The number of carbonyl (C=O) groups excluding carboxylic acids is 1. The molecule has 1 aromatic rings. The Kier molecular flexibility index (Phi) is 6.21. The lowest BCUT2D eigenvalue weighted by atomic mass is 10.3. The second-order valence-electron chi connectivity index (χ2n) is 3.48. The van der Waals surface area contributed by atoms with Gasteiger partial charge >= 0.3 is 5.97 Å². The van der Waals surface area contributed by atoms with Crippen molar-refractivity contribution in [1.82, 2.24) is 5.32 Å². The van der Waals surface area contributed by atoms with Crippen molar-refractivity contribution in [3.63, 3.8) is 0 Å². The molecule has 0 saturated heterocycles. The van der Waals surface area contributed by atoms with Gasteiger partial charge in [-0.25, -0.2) is 0 Å². The Balaban J connectivity index is 2.46. The molecule has 2 N–H and O–H groups in total. The number of hydrogen-bond acceptors (Lipinski definition) is 3. The van der Waals surface area contributed by atoms with Crippen LogP contribution in [-0.4, -0.2) is 30.1 Å². The van der Waals surface area contributed by atoms with Gasteiger partial charge in [0.2, 0.25) is 0 Å². The zero-order chi connectivity index (χ0) is 14.4.